The average Bonchev–Trinajstić information content (AvgIpc) is 2.66. The van der Waals surface area contributed by atoms with E-state index in [1.54, 1.807) is 0 Å². The molecule has 14 heavy (non-hydrogen) atoms. The Kier molecular flexibility index (Phi) is 3.61. The third-order valence-corrected chi connectivity index (χ3v) is 1.69. The van der Waals surface area contributed by atoms with Gasteiger partial charge < -0.3 is 20.1 Å². The molecule has 1 unspecified atom stereocenters. The van der Waals surface area contributed by atoms with Crippen molar-refractivity contribution < 1.29 is 19.2 Å². The Morgan fingerprint density at radius 2 is 2.57 bits per heavy atom. The van der Waals surface area contributed by atoms with Crippen molar-refractivity contribution in [2.45, 2.75) is 12.5 Å². The summed E-state index contributed by atoms with van der Waals surface area (Å²) < 4.78 is 9.17. The zero-order chi connectivity index (χ0) is 10.6. The monoisotopic (exact) mass is 200 g/mol. The van der Waals surface area contributed by atoms with E-state index in [4.69, 9.17) is 10.3 Å². The van der Waals surface area contributed by atoms with Crippen molar-refractivity contribution in [2.75, 3.05) is 13.7 Å². The lowest BCUT2D eigenvalue weighted by molar-refractivity contribution is 0.0588. The maximum atomic E-state index is 11.0. The van der Waals surface area contributed by atoms with E-state index in [0.717, 1.165) is 0 Å². The number of hydrogen-bond donors (Lipinski definition) is 2. The molecule has 0 radical (unpaired) electrons. The largest absolute Gasteiger partial charge is 0.464 e. The maximum absolute atomic E-state index is 11.0. The molecule has 1 atom stereocenters. The van der Waals surface area contributed by atoms with Gasteiger partial charge in [0.05, 0.1) is 7.11 Å². The van der Waals surface area contributed by atoms with Crippen molar-refractivity contribution in [3.05, 3.63) is 17.5 Å². The molecule has 0 aromatic carbocycles. The number of aliphatic hydroxyl groups is 1. The number of rotatable bonds is 4. The second-order valence-corrected chi connectivity index (χ2v) is 2.70. The standard InChI is InChI=1S/C8H12N2O4/c1-13-8(12)5-4-7(14-10-5)6(11)2-3-9/h4,6,11H,2-3,9H2,1H3. The van der Waals surface area contributed by atoms with Crippen LogP contribution in [0.5, 0.6) is 0 Å². The van der Waals surface area contributed by atoms with Gasteiger partial charge in [-0.15, -0.1) is 0 Å². The predicted molar refractivity (Wildman–Crippen MR) is 46.5 cm³/mol. The second-order valence-electron chi connectivity index (χ2n) is 2.70. The highest BCUT2D eigenvalue weighted by molar-refractivity contribution is 5.86. The van der Waals surface area contributed by atoms with Gasteiger partial charge in [0.2, 0.25) is 0 Å². The molecule has 0 aliphatic carbocycles. The van der Waals surface area contributed by atoms with Gasteiger partial charge in [-0.05, 0) is 13.0 Å². The molecule has 0 aliphatic rings. The number of methoxy groups -OCH3 is 1. The van der Waals surface area contributed by atoms with Crippen molar-refractivity contribution in [3.63, 3.8) is 0 Å². The first kappa shape index (κ1) is 10.7. The first-order valence-electron chi connectivity index (χ1n) is 4.12. The molecule has 0 fully saturated rings. The SMILES string of the molecule is COC(=O)c1cc(C(O)CCN)on1. The summed E-state index contributed by atoms with van der Waals surface area (Å²) in [5, 5.41) is 12.9. The molecular weight excluding hydrogens is 188 g/mol. The highest BCUT2D eigenvalue weighted by Crippen LogP contribution is 2.16. The molecule has 0 spiro atoms. The van der Waals surface area contributed by atoms with Gasteiger partial charge in [0.25, 0.3) is 0 Å². The third-order valence-electron chi connectivity index (χ3n) is 1.69. The molecule has 78 valence electrons. The van der Waals surface area contributed by atoms with Crippen molar-refractivity contribution >= 4 is 5.97 Å². The summed E-state index contributed by atoms with van der Waals surface area (Å²) in [6.07, 6.45) is -0.471. The summed E-state index contributed by atoms with van der Waals surface area (Å²) in [4.78, 5) is 11.0. The fraction of sp³-hybridized carbons (Fsp3) is 0.500. The van der Waals surface area contributed by atoms with E-state index in [1.165, 1.54) is 13.2 Å². The van der Waals surface area contributed by atoms with Crippen molar-refractivity contribution in [3.8, 4) is 0 Å². The van der Waals surface area contributed by atoms with Gasteiger partial charge in [0.15, 0.2) is 11.5 Å². The first-order valence-corrected chi connectivity index (χ1v) is 4.12. The van der Waals surface area contributed by atoms with Crippen LogP contribution >= 0.6 is 0 Å². The van der Waals surface area contributed by atoms with Crippen molar-refractivity contribution in [1.29, 1.82) is 0 Å². The molecule has 1 aromatic rings. The van der Waals surface area contributed by atoms with Gasteiger partial charge in [-0.2, -0.15) is 0 Å². The summed E-state index contributed by atoms with van der Waals surface area (Å²) >= 11 is 0. The van der Waals surface area contributed by atoms with Crippen LogP contribution < -0.4 is 5.73 Å². The molecule has 3 N–H and O–H groups in total. The number of nitrogens with two attached hydrogens (primary N) is 1. The summed E-state index contributed by atoms with van der Waals surface area (Å²) in [6, 6.07) is 1.34. The summed E-state index contributed by atoms with van der Waals surface area (Å²) in [5.41, 5.74) is 5.29. The molecule has 0 saturated heterocycles. The highest BCUT2D eigenvalue weighted by Gasteiger charge is 2.17. The van der Waals surface area contributed by atoms with E-state index in [1.807, 2.05) is 0 Å². The highest BCUT2D eigenvalue weighted by atomic mass is 16.5. The number of esters is 1. The van der Waals surface area contributed by atoms with Gasteiger partial charge in [-0.3, -0.25) is 0 Å². The van der Waals surface area contributed by atoms with Gasteiger partial charge in [0, 0.05) is 6.07 Å². The van der Waals surface area contributed by atoms with Crippen LogP contribution in [0.25, 0.3) is 0 Å². The van der Waals surface area contributed by atoms with E-state index < -0.39 is 12.1 Å². The van der Waals surface area contributed by atoms with Crippen molar-refractivity contribution in [2.24, 2.45) is 5.73 Å². The minimum absolute atomic E-state index is 0.0403. The van der Waals surface area contributed by atoms with Crippen LogP contribution in [-0.2, 0) is 4.74 Å². The third kappa shape index (κ3) is 2.30. The van der Waals surface area contributed by atoms with Crippen LogP contribution in [0.4, 0.5) is 0 Å². The van der Waals surface area contributed by atoms with Gasteiger partial charge in [-0.25, -0.2) is 4.79 Å². The number of hydrogen-bond acceptors (Lipinski definition) is 6. The smallest absolute Gasteiger partial charge is 0.360 e. The summed E-state index contributed by atoms with van der Waals surface area (Å²) in [6.45, 7) is 0.329. The molecule has 0 bridgehead atoms. The van der Waals surface area contributed by atoms with Gasteiger partial charge in [-0.1, -0.05) is 5.16 Å². The molecular formula is C8H12N2O4. The Morgan fingerprint density at radius 3 is 3.14 bits per heavy atom. The van der Waals surface area contributed by atoms with Gasteiger partial charge >= 0.3 is 5.97 Å². The number of aromatic nitrogens is 1. The average molecular weight is 200 g/mol. The van der Waals surface area contributed by atoms with Crippen LogP contribution in [-0.4, -0.2) is 29.9 Å². The van der Waals surface area contributed by atoms with Crippen LogP contribution in [0, 0.1) is 0 Å². The minimum Gasteiger partial charge on any atom is -0.464 e. The fourth-order valence-corrected chi connectivity index (χ4v) is 0.947. The van der Waals surface area contributed by atoms with E-state index in [0.29, 0.717) is 13.0 Å². The molecule has 1 rings (SSSR count). The first-order chi connectivity index (χ1) is 6.69. The lowest BCUT2D eigenvalue weighted by Gasteiger charge is -2.02. The number of aliphatic hydroxyl groups excluding tert-OH is 1. The fourth-order valence-electron chi connectivity index (χ4n) is 0.947. The van der Waals surface area contributed by atoms with E-state index in [2.05, 4.69) is 9.89 Å². The van der Waals surface area contributed by atoms with E-state index >= 15 is 0 Å². The second kappa shape index (κ2) is 4.73. The molecule has 1 heterocycles. The molecule has 0 aliphatic heterocycles. The number of ether oxygens (including phenoxy) is 1. The van der Waals surface area contributed by atoms with Crippen molar-refractivity contribution in [1.82, 2.24) is 5.16 Å². The van der Waals surface area contributed by atoms with Gasteiger partial charge in [0.1, 0.15) is 6.10 Å². The molecule has 1 aromatic heterocycles. The topological polar surface area (TPSA) is 98.6 Å². The normalized spacial score (nSPS) is 12.5. The zero-order valence-electron chi connectivity index (χ0n) is 7.77. The molecule has 0 amide bonds. The van der Waals surface area contributed by atoms with Crippen LogP contribution in [0.1, 0.15) is 28.8 Å². The lowest BCUT2D eigenvalue weighted by Crippen LogP contribution is -2.06. The van der Waals surface area contributed by atoms with E-state index in [-0.39, 0.29) is 11.5 Å². The summed E-state index contributed by atoms with van der Waals surface area (Å²) in [5.74, 6) is -0.379. The van der Waals surface area contributed by atoms with Crippen LogP contribution in [0.3, 0.4) is 0 Å². The molecule has 6 nitrogen and oxygen atoms in total. The Bertz CT molecular complexity index is 310. The Hall–Kier alpha value is -1.40. The Labute approximate surface area is 80.6 Å². The number of carbonyl (C=O) groups is 1. The van der Waals surface area contributed by atoms with Crippen LogP contribution in [0.2, 0.25) is 0 Å². The zero-order valence-corrected chi connectivity index (χ0v) is 7.77. The van der Waals surface area contributed by atoms with E-state index in [9.17, 15) is 9.90 Å². The molecule has 6 heteroatoms. The van der Waals surface area contributed by atoms with Crippen LogP contribution in [0.15, 0.2) is 10.6 Å². The number of nitrogens with zero attached hydrogens (tertiary/aromatic N) is 1. The molecule has 0 saturated carbocycles. The minimum atomic E-state index is -0.828. The predicted octanol–water partition coefficient (Wildman–Crippen LogP) is -0.157. The Balaban J connectivity index is 2.72. The number of carbonyl (C=O) groups excluding carboxylic acids is 1. The maximum Gasteiger partial charge on any atom is 0.360 e. The summed E-state index contributed by atoms with van der Waals surface area (Å²) in [7, 11) is 1.24. The lowest BCUT2D eigenvalue weighted by atomic mass is 10.2. The Morgan fingerprint density at radius 1 is 1.86 bits per heavy atom. The quantitative estimate of drug-likeness (QED) is 0.655.